The maximum Gasteiger partial charge on any atom is 0.213 e. The molecule has 0 aliphatic rings. The quantitative estimate of drug-likeness (QED) is 0.769. The van der Waals surface area contributed by atoms with Gasteiger partial charge in [-0.3, -0.25) is 0 Å². The highest BCUT2D eigenvalue weighted by molar-refractivity contribution is 5.24. The average molecular weight is 180 g/mol. The lowest BCUT2D eigenvalue weighted by molar-refractivity contribution is 0.232. The predicted octanol–water partition coefficient (Wildman–Crippen LogP) is 1.64. The van der Waals surface area contributed by atoms with Gasteiger partial charge in [-0.25, -0.2) is 4.98 Å². The number of hydrogen-bond donors (Lipinski definition) is 1. The molecule has 0 aliphatic heterocycles. The van der Waals surface area contributed by atoms with Crippen LogP contribution in [0.3, 0.4) is 0 Å². The first-order valence-corrected chi connectivity index (χ1v) is 4.46. The van der Waals surface area contributed by atoms with Gasteiger partial charge in [-0.1, -0.05) is 0 Å². The summed E-state index contributed by atoms with van der Waals surface area (Å²) in [5, 5.41) is 0. The summed E-state index contributed by atoms with van der Waals surface area (Å²) >= 11 is 0. The van der Waals surface area contributed by atoms with E-state index < -0.39 is 0 Å². The molecule has 0 aromatic carbocycles. The molecule has 13 heavy (non-hydrogen) atoms. The van der Waals surface area contributed by atoms with Crippen molar-refractivity contribution in [2.24, 2.45) is 5.73 Å². The zero-order valence-corrected chi connectivity index (χ0v) is 8.37. The number of pyridine rings is 1. The van der Waals surface area contributed by atoms with Gasteiger partial charge in [0.25, 0.3) is 0 Å². The van der Waals surface area contributed by atoms with E-state index in [9.17, 15) is 0 Å². The molecule has 0 unspecified atom stereocenters. The summed E-state index contributed by atoms with van der Waals surface area (Å²) < 4.78 is 5.47. The van der Waals surface area contributed by atoms with Crippen LogP contribution in [0, 0.1) is 6.92 Å². The number of nitrogens with zero attached hydrogens (tertiary/aromatic N) is 1. The van der Waals surface area contributed by atoms with Crippen molar-refractivity contribution in [1.82, 2.24) is 4.98 Å². The summed E-state index contributed by atoms with van der Waals surface area (Å²) in [5.74, 6) is 0.662. The molecule has 1 aromatic rings. The molecule has 0 saturated heterocycles. The van der Waals surface area contributed by atoms with Crippen molar-refractivity contribution in [3.05, 3.63) is 23.4 Å². The Kier molecular flexibility index (Phi) is 3.25. The van der Waals surface area contributed by atoms with E-state index in [1.165, 1.54) is 0 Å². The summed E-state index contributed by atoms with van der Waals surface area (Å²) in [4.78, 5) is 4.24. The molecule has 0 aliphatic carbocycles. The van der Waals surface area contributed by atoms with Crippen LogP contribution in [-0.4, -0.2) is 11.1 Å². The number of aryl methyl sites for hydroxylation is 1. The van der Waals surface area contributed by atoms with Gasteiger partial charge in [0, 0.05) is 18.3 Å². The minimum atomic E-state index is 0.153. The summed E-state index contributed by atoms with van der Waals surface area (Å²) in [7, 11) is 0. The molecule has 3 nitrogen and oxygen atoms in total. The van der Waals surface area contributed by atoms with Gasteiger partial charge < -0.3 is 10.5 Å². The largest absolute Gasteiger partial charge is 0.475 e. The highest BCUT2D eigenvalue weighted by Crippen LogP contribution is 2.13. The van der Waals surface area contributed by atoms with Gasteiger partial charge in [-0.15, -0.1) is 0 Å². The Morgan fingerprint density at radius 3 is 2.69 bits per heavy atom. The molecule has 1 heterocycles. The normalized spacial score (nSPS) is 10.5. The van der Waals surface area contributed by atoms with Crippen LogP contribution in [0.1, 0.15) is 25.1 Å². The first-order valence-electron chi connectivity index (χ1n) is 4.46. The highest BCUT2D eigenvalue weighted by Gasteiger charge is 2.01. The van der Waals surface area contributed by atoms with Crippen LogP contribution in [0.15, 0.2) is 12.1 Å². The van der Waals surface area contributed by atoms with E-state index in [0.29, 0.717) is 12.4 Å². The van der Waals surface area contributed by atoms with Gasteiger partial charge in [0.15, 0.2) is 0 Å². The second kappa shape index (κ2) is 4.23. The van der Waals surface area contributed by atoms with Crippen LogP contribution in [0.2, 0.25) is 0 Å². The molecule has 0 amide bonds. The van der Waals surface area contributed by atoms with Gasteiger partial charge in [-0.2, -0.15) is 0 Å². The van der Waals surface area contributed by atoms with Gasteiger partial charge >= 0.3 is 0 Å². The maximum absolute atomic E-state index is 5.54. The fourth-order valence-electron chi connectivity index (χ4n) is 1.13. The first kappa shape index (κ1) is 9.99. The molecule has 0 bridgehead atoms. The molecular weight excluding hydrogens is 164 g/mol. The Hall–Kier alpha value is -1.09. The molecule has 0 radical (unpaired) electrons. The molecule has 1 rings (SSSR count). The number of rotatable bonds is 3. The zero-order chi connectivity index (χ0) is 9.84. The fraction of sp³-hybridized carbons (Fsp3) is 0.500. The average Bonchev–Trinajstić information content (AvgIpc) is 2.01. The van der Waals surface area contributed by atoms with E-state index in [1.54, 1.807) is 0 Å². The van der Waals surface area contributed by atoms with Crippen molar-refractivity contribution < 1.29 is 4.74 Å². The third-order valence-electron chi connectivity index (χ3n) is 1.58. The smallest absolute Gasteiger partial charge is 0.213 e. The Bertz CT molecular complexity index is 284. The summed E-state index contributed by atoms with van der Waals surface area (Å²) in [6.45, 7) is 6.42. The van der Waals surface area contributed by atoms with Crippen molar-refractivity contribution in [3.63, 3.8) is 0 Å². The second-order valence-electron chi connectivity index (χ2n) is 3.33. The van der Waals surface area contributed by atoms with Gasteiger partial charge in [0.2, 0.25) is 5.88 Å². The Morgan fingerprint density at radius 1 is 1.46 bits per heavy atom. The SMILES string of the molecule is Cc1cc(CN)cc(OC(C)C)n1. The van der Waals surface area contributed by atoms with Crippen LogP contribution in [0.4, 0.5) is 0 Å². The van der Waals surface area contributed by atoms with Crippen LogP contribution in [0.25, 0.3) is 0 Å². The molecule has 0 spiro atoms. The van der Waals surface area contributed by atoms with E-state index in [-0.39, 0.29) is 6.10 Å². The van der Waals surface area contributed by atoms with Gasteiger partial charge in [0.1, 0.15) is 0 Å². The zero-order valence-electron chi connectivity index (χ0n) is 8.37. The third kappa shape index (κ3) is 3.03. The van der Waals surface area contributed by atoms with Crippen molar-refractivity contribution >= 4 is 0 Å². The molecule has 0 fully saturated rings. The number of hydrogen-bond acceptors (Lipinski definition) is 3. The lowest BCUT2D eigenvalue weighted by Crippen LogP contribution is -2.08. The molecule has 0 atom stereocenters. The first-order chi connectivity index (χ1) is 6.11. The Labute approximate surface area is 78.9 Å². The van der Waals surface area contributed by atoms with Crippen molar-refractivity contribution in [3.8, 4) is 5.88 Å². The summed E-state index contributed by atoms with van der Waals surface area (Å²) in [5.41, 5.74) is 7.54. The standard InChI is InChI=1S/C10H16N2O/c1-7(2)13-10-5-9(6-11)4-8(3)12-10/h4-5,7H,6,11H2,1-3H3. The van der Waals surface area contributed by atoms with Crippen molar-refractivity contribution in [1.29, 1.82) is 0 Å². The lowest BCUT2D eigenvalue weighted by Gasteiger charge is -2.10. The van der Waals surface area contributed by atoms with E-state index in [2.05, 4.69) is 4.98 Å². The minimum Gasteiger partial charge on any atom is -0.475 e. The predicted molar refractivity (Wildman–Crippen MR) is 52.6 cm³/mol. The van der Waals surface area contributed by atoms with Crippen molar-refractivity contribution in [2.75, 3.05) is 0 Å². The van der Waals surface area contributed by atoms with E-state index in [4.69, 9.17) is 10.5 Å². The van der Waals surface area contributed by atoms with Crippen LogP contribution in [0.5, 0.6) is 5.88 Å². The van der Waals surface area contributed by atoms with Gasteiger partial charge in [0.05, 0.1) is 6.10 Å². The third-order valence-corrected chi connectivity index (χ3v) is 1.58. The minimum absolute atomic E-state index is 0.153. The van der Waals surface area contributed by atoms with E-state index in [1.807, 2.05) is 32.9 Å². The van der Waals surface area contributed by atoms with E-state index in [0.717, 1.165) is 11.3 Å². The number of aromatic nitrogens is 1. The monoisotopic (exact) mass is 180 g/mol. The second-order valence-corrected chi connectivity index (χ2v) is 3.33. The van der Waals surface area contributed by atoms with E-state index >= 15 is 0 Å². The summed E-state index contributed by atoms with van der Waals surface area (Å²) in [6, 6.07) is 3.85. The van der Waals surface area contributed by atoms with Crippen LogP contribution < -0.4 is 10.5 Å². The Balaban J connectivity index is 2.88. The molecule has 0 saturated carbocycles. The van der Waals surface area contributed by atoms with Crippen molar-refractivity contribution in [2.45, 2.75) is 33.4 Å². The van der Waals surface area contributed by atoms with Crippen LogP contribution in [-0.2, 0) is 6.54 Å². The molecular formula is C10H16N2O. The number of ether oxygens (including phenoxy) is 1. The lowest BCUT2D eigenvalue weighted by atomic mass is 10.2. The maximum atomic E-state index is 5.54. The number of nitrogens with two attached hydrogens (primary N) is 1. The molecule has 72 valence electrons. The topological polar surface area (TPSA) is 48.1 Å². The van der Waals surface area contributed by atoms with Crippen LogP contribution >= 0.6 is 0 Å². The molecule has 3 heteroatoms. The highest BCUT2D eigenvalue weighted by atomic mass is 16.5. The molecule has 1 aromatic heterocycles. The molecule has 2 N–H and O–H groups in total. The van der Waals surface area contributed by atoms with Gasteiger partial charge in [-0.05, 0) is 32.4 Å². The Morgan fingerprint density at radius 2 is 2.15 bits per heavy atom. The summed E-state index contributed by atoms with van der Waals surface area (Å²) in [6.07, 6.45) is 0.153. The fourth-order valence-corrected chi connectivity index (χ4v) is 1.13.